The summed E-state index contributed by atoms with van der Waals surface area (Å²) in [4.78, 5) is 16.4. The Morgan fingerprint density at radius 3 is 2.83 bits per heavy atom. The predicted octanol–water partition coefficient (Wildman–Crippen LogP) is 2.57. The zero-order chi connectivity index (χ0) is 15.9. The summed E-state index contributed by atoms with van der Waals surface area (Å²) in [5, 5.41) is 3.00. The lowest BCUT2D eigenvalue weighted by Gasteiger charge is -2.23. The Morgan fingerprint density at radius 2 is 2.13 bits per heavy atom. The molecule has 1 aromatic heterocycles. The molecular formula is C18H20N2O3. The van der Waals surface area contributed by atoms with Gasteiger partial charge >= 0.3 is 0 Å². The fraction of sp³-hybridized carbons (Fsp3) is 0.333. The third kappa shape index (κ3) is 4.53. The largest absolute Gasteiger partial charge is 0.487 e. The second-order valence-corrected chi connectivity index (χ2v) is 5.52. The number of benzene rings is 1. The van der Waals surface area contributed by atoms with Gasteiger partial charge in [0.25, 0.3) is 5.91 Å². The first-order chi connectivity index (χ1) is 11.3. The van der Waals surface area contributed by atoms with E-state index in [-0.39, 0.29) is 11.9 Å². The van der Waals surface area contributed by atoms with Crippen molar-refractivity contribution in [3.63, 3.8) is 0 Å². The fourth-order valence-corrected chi connectivity index (χ4v) is 2.47. The van der Waals surface area contributed by atoms with Gasteiger partial charge in [-0.15, -0.1) is 0 Å². The first kappa shape index (κ1) is 15.5. The van der Waals surface area contributed by atoms with Crippen LogP contribution in [0.25, 0.3) is 0 Å². The van der Waals surface area contributed by atoms with Gasteiger partial charge in [0.1, 0.15) is 12.4 Å². The van der Waals surface area contributed by atoms with Gasteiger partial charge < -0.3 is 14.8 Å². The van der Waals surface area contributed by atoms with Crippen molar-refractivity contribution in [3.8, 4) is 5.75 Å². The number of nitrogens with one attached hydrogen (secondary N) is 1. The van der Waals surface area contributed by atoms with Crippen molar-refractivity contribution in [2.75, 3.05) is 13.2 Å². The molecule has 5 heteroatoms. The van der Waals surface area contributed by atoms with E-state index in [0.29, 0.717) is 24.5 Å². The van der Waals surface area contributed by atoms with Crippen molar-refractivity contribution < 1.29 is 14.3 Å². The summed E-state index contributed by atoms with van der Waals surface area (Å²) >= 11 is 0. The number of pyridine rings is 1. The zero-order valence-corrected chi connectivity index (χ0v) is 12.9. The molecule has 1 amide bonds. The van der Waals surface area contributed by atoms with Crippen LogP contribution in [0.1, 0.15) is 28.9 Å². The van der Waals surface area contributed by atoms with Gasteiger partial charge in [0.15, 0.2) is 0 Å². The van der Waals surface area contributed by atoms with E-state index < -0.39 is 0 Å². The van der Waals surface area contributed by atoms with Gasteiger partial charge in [0, 0.05) is 18.4 Å². The normalized spacial score (nSPS) is 17.5. The lowest BCUT2D eigenvalue weighted by molar-refractivity contribution is 0.0624. The van der Waals surface area contributed by atoms with Gasteiger partial charge in [-0.25, -0.2) is 0 Å². The number of rotatable bonds is 5. The highest BCUT2D eigenvalue weighted by Crippen LogP contribution is 2.14. The molecule has 0 spiro atoms. The summed E-state index contributed by atoms with van der Waals surface area (Å²) in [6.45, 7) is 1.79. The predicted molar refractivity (Wildman–Crippen MR) is 86.3 cm³/mol. The Bertz CT molecular complexity index is 622. The number of hydrogen-bond acceptors (Lipinski definition) is 4. The minimum atomic E-state index is -0.0724. The van der Waals surface area contributed by atoms with Gasteiger partial charge in [-0.3, -0.25) is 9.78 Å². The van der Waals surface area contributed by atoms with Crippen molar-refractivity contribution in [3.05, 3.63) is 59.9 Å². The van der Waals surface area contributed by atoms with Gasteiger partial charge in [-0.2, -0.15) is 0 Å². The maximum atomic E-state index is 12.2. The quantitative estimate of drug-likeness (QED) is 0.922. The highest BCUT2D eigenvalue weighted by Gasteiger charge is 2.17. The SMILES string of the molecule is O=C(NC1CCCOC1)c1ccc(OCc2ccccn2)cc1. The number of nitrogens with zero attached hydrogens (tertiary/aromatic N) is 1. The van der Waals surface area contributed by atoms with Crippen LogP contribution in [0.5, 0.6) is 5.75 Å². The Balaban J connectivity index is 1.52. The third-order valence-electron chi connectivity index (χ3n) is 3.72. The van der Waals surface area contributed by atoms with Crippen molar-refractivity contribution in [2.24, 2.45) is 0 Å². The summed E-state index contributed by atoms with van der Waals surface area (Å²) < 4.78 is 11.0. The molecule has 0 bridgehead atoms. The maximum Gasteiger partial charge on any atom is 0.251 e. The van der Waals surface area contributed by atoms with Crippen molar-refractivity contribution in [1.29, 1.82) is 0 Å². The second-order valence-electron chi connectivity index (χ2n) is 5.52. The second kappa shape index (κ2) is 7.74. The highest BCUT2D eigenvalue weighted by atomic mass is 16.5. The smallest absolute Gasteiger partial charge is 0.251 e. The molecule has 1 aromatic carbocycles. The summed E-state index contributed by atoms with van der Waals surface area (Å²) in [6, 6.07) is 13.0. The molecule has 0 radical (unpaired) electrons. The number of amides is 1. The molecule has 3 rings (SSSR count). The van der Waals surface area contributed by atoms with Crippen LogP contribution in [0, 0.1) is 0 Å². The molecule has 5 nitrogen and oxygen atoms in total. The number of hydrogen-bond donors (Lipinski definition) is 1. The first-order valence-electron chi connectivity index (χ1n) is 7.82. The standard InChI is InChI=1S/C18H20N2O3/c21-18(20-16-5-3-11-22-12-16)14-6-8-17(9-7-14)23-13-15-4-1-2-10-19-15/h1-2,4,6-10,16H,3,5,11-13H2,(H,20,21). The molecular weight excluding hydrogens is 292 g/mol. The van der Waals surface area contributed by atoms with Crippen molar-refractivity contribution in [2.45, 2.75) is 25.5 Å². The lowest BCUT2D eigenvalue weighted by atomic mass is 10.1. The Hall–Kier alpha value is -2.40. The summed E-state index contributed by atoms with van der Waals surface area (Å²) in [7, 11) is 0. The molecule has 1 aliphatic rings. The van der Waals surface area contributed by atoms with Crippen LogP contribution in [-0.4, -0.2) is 30.1 Å². The molecule has 2 heterocycles. The summed E-state index contributed by atoms with van der Waals surface area (Å²) in [6.07, 6.45) is 3.70. The van der Waals surface area contributed by atoms with Crippen molar-refractivity contribution >= 4 is 5.91 Å². The number of carbonyl (C=O) groups is 1. The van der Waals surface area contributed by atoms with E-state index in [4.69, 9.17) is 9.47 Å². The van der Waals surface area contributed by atoms with Gasteiger partial charge in [-0.05, 0) is 49.2 Å². The third-order valence-corrected chi connectivity index (χ3v) is 3.72. The van der Waals surface area contributed by atoms with E-state index in [0.717, 1.165) is 25.1 Å². The first-order valence-corrected chi connectivity index (χ1v) is 7.82. The zero-order valence-electron chi connectivity index (χ0n) is 12.9. The van der Waals surface area contributed by atoms with E-state index in [1.165, 1.54) is 0 Å². The minimum Gasteiger partial charge on any atom is -0.487 e. The van der Waals surface area contributed by atoms with Crippen LogP contribution in [0.4, 0.5) is 0 Å². The topological polar surface area (TPSA) is 60.5 Å². The Labute approximate surface area is 135 Å². The molecule has 23 heavy (non-hydrogen) atoms. The van der Waals surface area contributed by atoms with E-state index in [1.807, 2.05) is 18.2 Å². The van der Waals surface area contributed by atoms with E-state index in [1.54, 1.807) is 30.5 Å². The molecule has 1 atom stereocenters. The Kier molecular flexibility index (Phi) is 5.21. The molecule has 120 valence electrons. The van der Waals surface area contributed by atoms with Crippen LogP contribution in [0.15, 0.2) is 48.7 Å². The Morgan fingerprint density at radius 1 is 1.26 bits per heavy atom. The molecule has 2 aromatic rings. The van der Waals surface area contributed by atoms with Crippen LogP contribution in [0.2, 0.25) is 0 Å². The van der Waals surface area contributed by atoms with E-state index in [2.05, 4.69) is 10.3 Å². The van der Waals surface area contributed by atoms with Gasteiger partial charge in [0.2, 0.25) is 0 Å². The average molecular weight is 312 g/mol. The van der Waals surface area contributed by atoms with Crippen LogP contribution >= 0.6 is 0 Å². The molecule has 1 saturated heterocycles. The van der Waals surface area contributed by atoms with E-state index >= 15 is 0 Å². The van der Waals surface area contributed by atoms with Crippen molar-refractivity contribution in [1.82, 2.24) is 10.3 Å². The molecule has 0 aliphatic carbocycles. The minimum absolute atomic E-state index is 0.0724. The van der Waals surface area contributed by atoms with Crippen LogP contribution in [0.3, 0.4) is 0 Å². The fourth-order valence-electron chi connectivity index (χ4n) is 2.47. The molecule has 0 saturated carbocycles. The van der Waals surface area contributed by atoms with Crippen LogP contribution < -0.4 is 10.1 Å². The monoisotopic (exact) mass is 312 g/mol. The lowest BCUT2D eigenvalue weighted by Crippen LogP contribution is -2.40. The molecule has 1 N–H and O–H groups in total. The molecule has 1 aliphatic heterocycles. The average Bonchev–Trinajstić information content (AvgIpc) is 2.62. The van der Waals surface area contributed by atoms with E-state index in [9.17, 15) is 4.79 Å². The number of carbonyl (C=O) groups excluding carboxylic acids is 1. The van der Waals surface area contributed by atoms with Gasteiger partial charge in [-0.1, -0.05) is 6.07 Å². The maximum absolute atomic E-state index is 12.2. The van der Waals surface area contributed by atoms with Gasteiger partial charge in [0.05, 0.1) is 18.3 Å². The highest BCUT2D eigenvalue weighted by molar-refractivity contribution is 5.94. The number of aromatic nitrogens is 1. The molecule has 1 unspecified atom stereocenters. The van der Waals surface area contributed by atoms with Crippen LogP contribution in [-0.2, 0) is 11.3 Å². The molecule has 1 fully saturated rings. The summed E-state index contributed by atoms with van der Waals surface area (Å²) in [5.74, 6) is 0.643. The summed E-state index contributed by atoms with van der Waals surface area (Å²) in [5.41, 5.74) is 1.49. The number of ether oxygens (including phenoxy) is 2.